The second-order valence-corrected chi connectivity index (χ2v) is 6.87. The minimum atomic E-state index is -2.09. The highest BCUT2D eigenvalue weighted by molar-refractivity contribution is 8.28. The van der Waals surface area contributed by atoms with Crippen molar-refractivity contribution in [2.45, 2.75) is 25.0 Å². The summed E-state index contributed by atoms with van der Waals surface area (Å²) in [5.41, 5.74) is 0. The van der Waals surface area contributed by atoms with Crippen molar-refractivity contribution in [3.63, 3.8) is 0 Å². The average Bonchev–Trinajstić information content (AvgIpc) is 2.01. The summed E-state index contributed by atoms with van der Waals surface area (Å²) in [6, 6.07) is 3.97. The maximum absolute atomic E-state index is 13.4. The molecule has 0 radical (unpaired) electrons. The summed E-state index contributed by atoms with van der Waals surface area (Å²) in [5, 5.41) is 16.9. The lowest BCUT2D eigenvalue weighted by atomic mass is 10.0. The Morgan fingerprint density at radius 1 is 1.38 bits per heavy atom. The van der Waals surface area contributed by atoms with E-state index in [0.29, 0.717) is 6.42 Å². The Bertz CT molecular complexity index is 233. The topological polar surface area (TPSA) is 47.6 Å². The number of rotatable bonds is 4. The molecule has 74 valence electrons. The monoisotopic (exact) mass is 202 g/mol. The summed E-state index contributed by atoms with van der Waals surface area (Å²) in [6.45, 7) is 1.80. The van der Waals surface area contributed by atoms with Crippen LogP contribution in [-0.4, -0.2) is 17.8 Å². The molecule has 2 unspecified atom stereocenters. The van der Waals surface area contributed by atoms with Crippen LogP contribution in [0.2, 0.25) is 0 Å². The first kappa shape index (κ1) is 12.3. The predicted octanol–water partition coefficient (Wildman–Crippen LogP) is 2.77. The second kappa shape index (κ2) is 5.09. The van der Waals surface area contributed by atoms with Gasteiger partial charge < -0.3 is 0 Å². The van der Waals surface area contributed by atoms with Crippen LogP contribution in [0.1, 0.15) is 19.8 Å². The van der Waals surface area contributed by atoms with Crippen LogP contribution in [0.4, 0.5) is 3.89 Å². The Labute approximate surface area is 81.0 Å². The zero-order chi connectivity index (χ0) is 10.5. The van der Waals surface area contributed by atoms with E-state index >= 15 is 0 Å². The first-order chi connectivity index (χ1) is 5.91. The molecule has 0 aromatic heterocycles. The normalized spacial score (nSPS) is 16.8. The van der Waals surface area contributed by atoms with Gasteiger partial charge in [-0.15, -0.1) is 0 Å². The third-order valence-corrected chi connectivity index (χ3v) is 4.20. The van der Waals surface area contributed by atoms with E-state index in [1.54, 1.807) is 19.4 Å². The zero-order valence-electron chi connectivity index (χ0n) is 8.25. The van der Waals surface area contributed by atoms with Crippen LogP contribution in [0, 0.1) is 28.6 Å². The van der Waals surface area contributed by atoms with Gasteiger partial charge in [-0.1, -0.05) is 17.3 Å². The first-order valence-electron chi connectivity index (χ1n) is 4.10. The molecule has 0 saturated carbocycles. The van der Waals surface area contributed by atoms with Gasteiger partial charge in [-0.05, 0) is 18.9 Å². The third-order valence-electron chi connectivity index (χ3n) is 2.09. The van der Waals surface area contributed by atoms with E-state index in [4.69, 9.17) is 10.5 Å². The van der Waals surface area contributed by atoms with Gasteiger partial charge in [0.1, 0.15) is 0 Å². The Kier molecular flexibility index (Phi) is 4.80. The van der Waals surface area contributed by atoms with E-state index in [2.05, 4.69) is 0 Å². The van der Waals surface area contributed by atoms with Gasteiger partial charge in [-0.2, -0.15) is 14.4 Å². The molecule has 0 bridgehead atoms. The minimum Gasteiger partial charge on any atom is -0.198 e. The van der Waals surface area contributed by atoms with Crippen LogP contribution in [0.5, 0.6) is 0 Å². The van der Waals surface area contributed by atoms with Crippen LogP contribution in [0.25, 0.3) is 0 Å². The molecule has 2 atom stereocenters. The maximum atomic E-state index is 13.4. The van der Waals surface area contributed by atoms with Crippen molar-refractivity contribution in [3.05, 3.63) is 0 Å². The molecule has 0 rings (SSSR count). The first-order valence-corrected chi connectivity index (χ1v) is 6.51. The third kappa shape index (κ3) is 4.75. The Morgan fingerprint density at radius 2 is 1.92 bits per heavy atom. The molecule has 0 aromatic carbocycles. The smallest absolute Gasteiger partial charge is 0.0667 e. The molecule has 0 aliphatic carbocycles. The molecule has 0 heterocycles. The molecule has 2 nitrogen and oxygen atoms in total. The van der Waals surface area contributed by atoms with E-state index in [0.717, 1.165) is 0 Å². The maximum Gasteiger partial charge on any atom is 0.0667 e. The highest BCUT2D eigenvalue weighted by Gasteiger charge is 2.23. The molecule has 13 heavy (non-hydrogen) atoms. The van der Waals surface area contributed by atoms with Crippen LogP contribution < -0.4 is 0 Å². The van der Waals surface area contributed by atoms with Gasteiger partial charge in [0.2, 0.25) is 0 Å². The lowest BCUT2D eigenvalue weighted by molar-refractivity contribution is 0.603. The van der Waals surface area contributed by atoms with Crippen molar-refractivity contribution >= 4 is 10.4 Å². The van der Waals surface area contributed by atoms with Gasteiger partial charge in [-0.3, -0.25) is 0 Å². The summed E-state index contributed by atoms with van der Waals surface area (Å²) in [4.78, 5) is 0. The van der Waals surface area contributed by atoms with Gasteiger partial charge in [-0.25, -0.2) is 0 Å². The molecular weight excluding hydrogens is 187 g/mol. The standard InChI is InChI=1S/C9H15FN2S/c1-8(13(2,3)10)6-9(7-12)4-5-11/h8-9H,4,6H2,1-3H3. The second-order valence-electron chi connectivity index (χ2n) is 3.51. The molecule has 0 N–H and O–H groups in total. The quantitative estimate of drug-likeness (QED) is 0.703. The lowest BCUT2D eigenvalue weighted by Gasteiger charge is -2.28. The number of halogens is 1. The van der Waals surface area contributed by atoms with Gasteiger partial charge >= 0.3 is 0 Å². The van der Waals surface area contributed by atoms with E-state index in [1.165, 1.54) is 0 Å². The zero-order valence-corrected chi connectivity index (χ0v) is 9.07. The van der Waals surface area contributed by atoms with Crippen molar-refractivity contribution in [2.24, 2.45) is 5.92 Å². The highest BCUT2D eigenvalue weighted by Crippen LogP contribution is 2.48. The average molecular weight is 202 g/mol. The Balaban J connectivity index is 4.13. The summed E-state index contributed by atoms with van der Waals surface area (Å²) in [7, 11) is -2.09. The fraction of sp³-hybridized carbons (Fsp3) is 0.778. The number of hydrogen-bond donors (Lipinski definition) is 0. The van der Waals surface area contributed by atoms with Gasteiger partial charge in [0, 0.05) is 5.25 Å². The minimum absolute atomic E-state index is 0.106. The van der Waals surface area contributed by atoms with Crippen molar-refractivity contribution in [2.75, 3.05) is 12.5 Å². The summed E-state index contributed by atoms with van der Waals surface area (Å²) >= 11 is 0. The Hall–Kier alpha value is -0.740. The Morgan fingerprint density at radius 3 is 2.23 bits per heavy atom. The van der Waals surface area contributed by atoms with Crippen molar-refractivity contribution in [3.8, 4) is 12.1 Å². The molecule has 4 heteroatoms. The summed E-state index contributed by atoms with van der Waals surface area (Å²) in [6.07, 6.45) is 3.86. The summed E-state index contributed by atoms with van der Waals surface area (Å²) in [5.74, 6) is -0.317. The molecule has 0 amide bonds. The number of nitriles is 2. The number of nitrogens with zero attached hydrogens (tertiary/aromatic N) is 2. The van der Waals surface area contributed by atoms with Crippen molar-refractivity contribution in [1.82, 2.24) is 0 Å². The van der Waals surface area contributed by atoms with E-state index in [-0.39, 0.29) is 17.6 Å². The van der Waals surface area contributed by atoms with Crippen LogP contribution in [-0.2, 0) is 0 Å². The molecule has 0 aliphatic heterocycles. The lowest BCUT2D eigenvalue weighted by Crippen LogP contribution is -2.13. The highest BCUT2D eigenvalue weighted by atomic mass is 32.3. The van der Waals surface area contributed by atoms with Gasteiger partial charge in [0.15, 0.2) is 0 Å². The van der Waals surface area contributed by atoms with Crippen LogP contribution in [0.3, 0.4) is 0 Å². The number of hydrogen-bond acceptors (Lipinski definition) is 2. The molecule has 0 aromatic rings. The van der Waals surface area contributed by atoms with Gasteiger partial charge in [0.05, 0.1) is 24.5 Å². The van der Waals surface area contributed by atoms with Crippen LogP contribution >= 0.6 is 10.4 Å². The molecule has 0 spiro atoms. The van der Waals surface area contributed by atoms with Gasteiger partial charge in [0.25, 0.3) is 0 Å². The SMILES string of the molecule is CC(CC(C#N)CC#N)S(C)(C)F. The van der Waals surface area contributed by atoms with E-state index in [9.17, 15) is 3.89 Å². The predicted molar refractivity (Wildman–Crippen MR) is 54.0 cm³/mol. The largest absolute Gasteiger partial charge is 0.198 e. The fourth-order valence-corrected chi connectivity index (χ4v) is 1.61. The fourth-order valence-electron chi connectivity index (χ4n) is 0.921. The van der Waals surface area contributed by atoms with Crippen LogP contribution in [0.15, 0.2) is 0 Å². The molecule has 0 fully saturated rings. The van der Waals surface area contributed by atoms with Crippen molar-refractivity contribution in [1.29, 1.82) is 10.5 Å². The van der Waals surface area contributed by atoms with E-state index < -0.39 is 10.4 Å². The molecule has 0 aliphatic rings. The molecular formula is C9H15FN2S. The van der Waals surface area contributed by atoms with E-state index in [1.807, 2.05) is 12.1 Å². The molecule has 0 saturated heterocycles. The summed E-state index contributed by atoms with van der Waals surface area (Å²) < 4.78 is 13.4. The van der Waals surface area contributed by atoms with Crippen molar-refractivity contribution < 1.29 is 3.89 Å².